The third-order valence-corrected chi connectivity index (χ3v) is 3.32. The van der Waals surface area contributed by atoms with Gasteiger partial charge in [0.15, 0.2) is 0 Å². The molecular weight excluding hydrogens is 312 g/mol. The number of hydrogen-bond donors (Lipinski definition) is 1. The summed E-state index contributed by atoms with van der Waals surface area (Å²) < 4.78 is 0. The molecule has 0 fully saturated rings. The maximum atomic E-state index is 6.06. The van der Waals surface area contributed by atoms with Gasteiger partial charge in [0, 0.05) is 21.6 Å². The minimum atomic E-state index is 0.579. The van der Waals surface area contributed by atoms with Gasteiger partial charge in [0.1, 0.15) is 0 Å². The molecule has 0 atom stereocenters. The lowest BCUT2D eigenvalue weighted by Gasteiger charge is -2.09. The smallest absolute Gasteiger partial charge is 0.0652 e. The fourth-order valence-corrected chi connectivity index (χ4v) is 2.59. The van der Waals surface area contributed by atoms with Crippen molar-refractivity contribution in [3.05, 3.63) is 62.1 Å². The fourth-order valence-electron chi connectivity index (χ4n) is 1.54. The third kappa shape index (κ3) is 3.69. The van der Waals surface area contributed by atoms with Crippen LogP contribution in [0.25, 0.3) is 0 Å². The number of benzene rings is 2. The molecule has 0 heterocycles. The van der Waals surface area contributed by atoms with Gasteiger partial charge in [-0.3, -0.25) is 0 Å². The molecule has 18 heavy (non-hydrogen) atoms. The summed E-state index contributed by atoms with van der Waals surface area (Å²) in [5.41, 5.74) is 1.80. The van der Waals surface area contributed by atoms with Crippen molar-refractivity contribution >= 4 is 52.1 Å². The molecule has 0 unspecified atom stereocenters. The van der Waals surface area contributed by atoms with Crippen molar-refractivity contribution < 1.29 is 0 Å². The zero-order valence-corrected chi connectivity index (χ0v) is 12.2. The first-order chi connectivity index (χ1) is 8.54. The monoisotopic (exact) mass is 319 g/mol. The van der Waals surface area contributed by atoms with Crippen LogP contribution in [0.2, 0.25) is 20.1 Å². The summed E-state index contributed by atoms with van der Waals surface area (Å²) in [7, 11) is 0. The minimum absolute atomic E-state index is 0.579. The molecule has 5 heteroatoms. The van der Waals surface area contributed by atoms with E-state index in [0.717, 1.165) is 11.3 Å². The topological polar surface area (TPSA) is 12.0 Å². The van der Waals surface area contributed by atoms with Crippen LogP contribution in [0.5, 0.6) is 0 Å². The number of nitrogens with one attached hydrogen (secondary N) is 1. The van der Waals surface area contributed by atoms with Crippen LogP contribution in [0, 0.1) is 0 Å². The largest absolute Gasteiger partial charge is 0.380 e. The molecule has 0 aromatic heterocycles. The molecular formula is C13H9Cl4N. The van der Waals surface area contributed by atoms with Crippen molar-refractivity contribution in [2.24, 2.45) is 0 Å². The van der Waals surface area contributed by atoms with E-state index in [-0.39, 0.29) is 0 Å². The summed E-state index contributed by atoms with van der Waals surface area (Å²) in [4.78, 5) is 0. The normalized spacial score (nSPS) is 10.4. The van der Waals surface area contributed by atoms with E-state index in [1.807, 2.05) is 18.2 Å². The summed E-state index contributed by atoms with van der Waals surface area (Å²) in [6, 6.07) is 10.7. The lowest BCUT2D eigenvalue weighted by atomic mass is 10.2. The number of rotatable bonds is 3. The zero-order valence-electron chi connectivity index (χ0n) is 9.18. The highest BCUT2D eigenvalue weighted by molar-refractivity contribution is 6.36. The molecule has 1 N–H and O–H groups in total. The third-order valence-electron chi connectivity index (χ3n) is 2.34. The number of anilines is 1. The fraction of sp³-hybridized carbons (Fsp3) is 0.0769. The van der Waals surface area contributed by atoms with Crippen LogP contribution in [0.15, 0.2) is 36.4 Å². The standard InChI is InChI=1S/C13H9Cl4N/c14-9-1-2-13(12(17)6-9)18-7-8-3-10(15)5-11(16)4-8/h1-6,18H,7H2. The quantitative estimate of drug-likeness (QED) is 0.741. The van der Waals surface area contributed by atoms with E-state index in [1.54, 1.807) is 18.2 Å². The van der Waals surface area contributed by atoms with Crippen molar-refractivity contribution in [1.29, 1.82) is 0 Å². The van der Waals surface area contributed by atoms with E-state index >= 15 is 0 Å². The van der Waals surface area contributed by atoms with Gasteiger partial charge in [0.2, 0.25) is 0 Å². The van der Waals surface area contributed by atoms with Crippen molar-refractivity contribution in [3.8, 4) is 0 Å². The van der Waals surface area contributed by atoms with Crippen LogP contribution in [-0.4, -0.2) is 0 Å². The molecule has 1 nitrogen and oxygen atoms in total. The molecule has 2 aromatic carbocycles. The van der Waals surface area contributed by atoms with Gasteiger partial charge in [0.05, 0.1) is 10.7 Å². The van der Waals surface area contributed by atoms with Crippen molar-refractivity contribution in [2.75, 3.05) is 5.32 Å². The maximum Gasteiger partial charge on any atom is 0.0652 e. The molecule has 0 aliphatic carbocycles. The van der Waals surface area contributed by atoms with Gasteiger partial charge in [-0.1, -0.05) is 46.4 Å². The van der Waals surface area contributed by atoms with E-state index in [0.29, 0.717) is 26.6 Å². The number of halogens is 4. The van der Waals surface area contributed by atoms with Crippen LogP contribution in [-0.2, 0) is 6.54 Å². The van der Waals surface area contributed by atoms with Crippen molar-refractivity contribution in [3.63, 3.8) is 0 Å². The van der Waals surface area contributed by atoms with Gasteiger partial charge in [-0.15, -0.1) is 0 Å². The second-order valence-corrected chi connectivity index (χ2v) is 5.47. The van der Waals surface area contributed by atoms with E-state index in [1.165, 1.54) is 0 Å². The molecule has 0 saturated carbocycles. The molecule has 0 amide bonds. The van der Waals surface area contributed by atoms with Gasteiger partial charge >= 0.3 is 0 Å². The highest BCUT2D eigenvalue weighted by Crippen LogP contribution is 2.26. The maximum absolute atomic E-state index is 6.06. The van der Waals surface area contributed by atoms with Crippen LogP contribution in [0.4, 0.5) is 5.69 Å². The van der Waals surface area contributed by atoms with E-state index in [4.69, 9.17) is 46.4 Å². The Morgan fingerprint density at radius 3 is 2.06 bits per heavy atom. The Hall–Kier alpha value is -0.600. The Kier molecular flexibility index (Phi) is 4.63. The first-order valence-corrected chi connectivity index (χ1v) is 6.69. The van der Waals surface area contributed by atoms with Crippen molar-refractivity contribution in [1.82, 2.24) is 0 Å². The highest BCUT2D eigenvalue weighted by atomic mass is 35.5. The Labute approximate surface area is 126 Å². The zero-order chi connectivity index (χ0) is 13.1. The number of hydrogen-bond acceptors (Lipinski definition) is 1. The molecule has 2 rings (SSSR count). The van der Waals surface area contributed by atoms with Gasteiger partial charge < -0.3 is 5.32 Å². The van der Waals surface area contributed by atoms with Gasteiger partial charge in [-0.05, 0) is 42.0 Å². The second kappa shape index (κ2) is 6.03. The van der Waals surface area contributed by atoms with Crippen LogP contribution in [0.1, 0.15) is 5.56 Å². The summed E-state index contributed by atoms with van der Waals surface area (Å²) >= 11 is 23.7. The minimum Gasteiger partial charge on any atom is -0.380 e. The predicted octanol–water partition coefficient (Wildman–Crippen LogP) is 5.91. The summed E-state index contributed by atoms with van der Waals surface area (Å²) in [6.45, 7) is 0.585. The summed E-state index contributed by atoms with van der Waals surface area (Å²) in [5.74, 6) is 0. The molecule has 0 aliphatic rings. The van der Waals surface area contributed by atoms with Crippen LogP contribution in [0.3, 0.4) is 0 Å². The molecule has 0 aliphatic heterocycles. The molecule has 0 bridgehead atoms. The average Bonchev–Trinajstić information content (AvgIpc) is 2.26. The Morgan fingerprint density at radius 1 is 0.778 bits per heavy atom. The Morgan fingerprint density at radius 2 is 1.44 bits per heavy atom. The lowest BCUT2D eigenvalue weighted by Crippen LogP contribution is -1.99. The summed E-state index contributed by atoms with van der Waals surface area (Å²) in [6.07, 6.45) is 0. The van der Waals surface area contributed by atoms with Crippen LogP contribution < -0.4 is 5.32 Å². The van der Waals surface area contributed by atoms with E-state index < -0.39 is 0 Å². The van der Waals surface area contributed by atoms with Crippen LogP contribution >= 0.6 is 46.4 Å². The summed E-state index contributed by atoms with van der Waals surface area (Å²) in [5, 5.41) is 5.62. The second-order valence-electron chi connectivity index (χ2n) is 3.76. The first-order valence-electron chi connectivity index (χ1n) is 5.18. The molecule has 0 radical (unpaired) electrons. The first kappa shape index (κ1) is 13.8. The molecule has 0 saturated heterocycles. The highest BCUT2D eigenvalue weighted by Gasteiger charge is 2.02. The SMILES string of the molecule is Clc1cc(Cl)cc(CNc2ccc(Cl)cc2Cl)c1. The van der Waals surface area contributed by atoms with Gasteiger partial charge in [-0.2, -0.15) is 0 Å². The Balaban J connectivity index is 2.11. The van der Waals surface area contributed by atoms with E-state index in [2.05, 4.69) is 5.32 Å². The van der Waals surface area contributed by atoms with Gasteiger partial charge in [0.25, 0.3) is 0 Å². The lowest BCUT2D eigenvalue weighted by molar-refractivity contribution is 1.15. The van der Waals surface area contributed by atoms with Crippen molar-refractivity contribution in [2.45, 2.75) is 6.54 Å². The molecule has 0 spiro atoms. The van der Waals surface area contributed by atoms with Gasteiger partial charge in [-0.25, -0.2) is 0 Å². The van der Waals surface area contributed by atoms with E-state index in [9.17, 15) is 0 Å². The average molecular weight is 321 g/mol. The predicted molar refractivity (Wildman–Crippen MR) is 80.3 cm³/mol. The Bertz CT molecular complexity index is 549. The molecule has 2 aromatic rings. The molecule has 94 valence electrons.